The molecule has 0 atom stereocenters. The maximum atomic E-state index is 14.0. The van der Waals surface area contributed by atoms with Gasteiger partial charge in [0.1, 0.15) is 5.82 Å². The lowest BCUT2D eigenvalue weighted by molar-refractivity contribution is -0.123. The Hall–Kier alpha value is -2.27. The molecular formula is C24H30FN3O. The number of carbonyl (C=O) groups excluding carboxylic acids is 1. The third-order valence-electron chi connectivity index (χ3n) is 6.58. The Kier molecular flexibility index (Phi) is 5.43. The number of fused-ring (bicyclic) bond motifs is 1. The number of carbonyl (C=O) groups is 1. The second-order valence-electron chi connectivity index (χ2n) is 9.19. The molecular weight excluding hydrogens is 365 g/mol. The van der Waals surface area contributed by atoms with E-state index in [1.807, 2.05) is 35.4 Å². The molecule has 0 saturated heterocycles. The highest BCUT2D eigenvalue weighted by molar-refractivity contribution is 5.97. The lowest BCUT2D eigenvalue weighted by atomic mass is 9.84. The third-order valence-corrected chi connectivity index (χ3v) is 6.58. The minimum atomic E-state index is -0.146. The van der Waals surface area contributed by atoms with Crippen molar-refractivity contribution in [3.8, 4) is 0 Å². The average molecular weight is 396 g/mol. The zero-order valence-corrected chi connectivity index (χ0v) is 17.6. The molecule has 1 fully saturated rings. The zero-order valence-electron chi connectivity index (χ0n) is 17.6. The summed E-state index contributed by atoms with van der Waals surface area (Å²) in [5.74, 6) is 0.155. The molecule has 1 saturated carbocycles. The van der Waals surface area contributed by atoms with Crippen LogP contribution in [0.5, 0.6) is 0 Å². The summed E-state index contributed by atoms with van der Waals surface area (Å²) in [6.45, 7) is 5.61. The number of anilines is 1. The number of hydrogen-bond donors (Lipinski definition) is 0. The predicted molar refractivity (Wildman–Crippen MR) is 113 cm³/mol. The minimum absolute atomic E-state index is 0.0649. The minimum Gasteiger partial charge on any atom is -0.309 e. The average Bonchev–Trinajstić information content (AvgIpc) is 3.00. The number of hydrogen-bond acceptors (Lipinski definition) is 3. The molecule has 0 unspecified atom stereocenters. The molecule has 1 aromatic heterocycles. The van der Waals surface area contributed by atoms with Gasteiger partial charge in [0, 0.05) is 42.2 Å². The number of pyridine rings is 1. The quantitative estimate of drug-likeness (QED) is 0.763. The number of halogens is 1. The maximum absolute atomic E-state index is 14.0. The first-order valence-corrected chi connectivity index (χ1v) is 10.6. The first-order valence-electron chi connectivity index (χ1n) is 10.6. The van der Waals surface area contributed by atoms with Gasteiger partial charge in [-0.15, -0.1) is 0 Å². The van der Waals surface area contributed by atoms with E-state index in [-0.39, 0.29) is 23.1 Å². The van der Waals surface area contributed by atoms with Crippen molar-refractivity contribution >= 4 is 11.6 Å². The second-order valence-corrected chi connectivity index (χ2v) is 9.19. The van der Waals surface area contributed by atoms with Crippen molar-refractivity contribution in [1.82, 2.24) is 9.88 Å². The maximum Gasteiger partial charge on any atom is 0.230 e. The van der Waals surface area contributed by atoms with Crippen molar-refractivity contribution in [1.29, 1.82) is 0 Å². The summed E-state index contributed by atoms with van der Waals surface area (Å²) in [7, 11) is 2.06. The largest absolute Gasteiger partial charge is 0.309 e. The molecule has 2 aliphatic rings. The predicted octanol–water partition coefficient (Wildman–Crippen LogP) is 4.54. The van der Waals surface area contributed by atoms with E-state index in [2.05, 4.69) is 30.8 Å². The third kappa shape index (κ3) is 3.93. The molecule has 2 aromatic rings. The molecule has 4 rings (SSSR count). The molecule has 5 heteroatoms. The van der Waals surface area contributed by atoms with E-state index < -0.39 is 0 Å². The van der Waals surface area contributed by atoms with Crippen molar-refractivity contribution in [3.63, 3.8) is 0 Å². The molecule has 154 valence electrons. The van der Waals surface area contributed by atoms with Crippen molar-refractivity contribution < 1.29 is 9.18 Å². The number of rotatable bonds is 4. The van der Waals surface area contributed by atoms with Crippen LogP contribution in [0.2, 0.25) is 0 Å². The van der Waals surface area contributed by atoms with Crippen LogP contribution in [-0.2, 0) is 16.8 Å². The summed E-state index contributed by atoms with van der Waals surface area (Å²) in [4.78, 5) is 22.0. The van der Waals surface area contributed by atoms with E-state index in [1.54, 1.807) is 6.07 Å². The smallest absolute Gasteiger partial charge is 0.230 e. The Morgan fingerprint density at radius 2 is 1.90 bits per heavy atom. The highest BCUT2D eigenvalue weighted by Crippen LogP contribution is 2.40. The van der Waals surface area contributed by atoms with Gasteiger partial charge >= 0.3 is 0 Å². The lowest BCUT2D eigenvalue weighted by Gasteiger charge is -2.35. The van der Waals surface area contributed by atoms with Gasteiger partial charge in [-0.2, -0.15) is 0 Å². The molecule has 0 radical (unpaired) electrons. The molecule has 1 aliphatic heterocycles. The van der Waals surface area contributed by atoms with Crippen LogP contribution in [0.3, 0.4) is 0 Å². The van der Waals surface area contributed by atoms with Gasteiger partial charge in [-0.1, -0.05) is 32.0 Å². The van der Waals surface area contributed by atoms with Crippen LogP contribution in [0.1, 0.15) is 50.8 Å². The molecule has 1 amide bonds. The standard InChI is InChI=1S/C24H30FN3O/c1-24(2)16-28(21-9-6-14-26-22(21)24)23(29)17-10-12-19(13-11-17)27(3)15-18-7-4-5-8-20(18)25/h4-9,14,17,19H,10-13,15-16H2,1-3H3. The molecule has 2 heterocycles. The summed E-state index contributed by atoms with van der Waals surface area (Å²) < 4.78 is 14.0. The van der Waals surface area contributed by atoms with Gasteiger partial charge in [-0.05, 0) is 50.9 Å². The fourth-order valence-corrected chi connectivity index (χ4v) is 4.90. The van der Waals surface area contributed by atoms with Gasteiger partial charge in [0.25, 0.3) is 0 Å². The highest BCUT2D eigenvalue weighted by Gasteiger charge is 2.41. The van der Waals surface area contributed by atoms with Gasteiger partial charge in [-0.25, -0.2) is 4.39 Å². The molecule has 0 bridgehead atoms. The van der Waals surface area contributed by atoms with E-state index in [0.29, 0.717) is 19.1 Å². The number of aromatic nitrogens is 1. The first kappa shape index (κ1) is 20.0. The Bertz CT molecular complexity index is 889. The van der Waals surface area contributed by atoms with E-state index >= 15 is 0 Å². The summed E-state index contributed by atoms with van der Waals surface area (Å²) in [6.07, 6.45) is 5.53. The fraction of sp³-hybridized carbons (Fsp3) is 0.500. The summed E-state index contributed by atoms with van der Waals surface area (Å²) in [5, 5.41) is 0. The lowest BCUT2D eigenvalue weighted by Crippen LogP contribution is -2.42. The van der Waals surface area contributed by atoms with Gasteiger partial charge < -0.3 is 4.90 Å². The zero-order chi connectivity index (χ0) is 20.6. The van der Waals surface area contributed by atoms with E-state index in [0.717, 1.165) is 42.6 Å². The number of nitrogens with zero attached hydrogens (tertiary/aromatic N) is 3. The first-order chi connectivity index (χ1) is 13.9. The molecule has 0 spiro atoms. The van der Waals surface area contributed by atoms with Crippen LogP contribution in [0.15, 0.2) is 42.6 Å². The van der Waals surface area contributed by atoms with Crippen molar-refractivity contribution in [2.75, 3.05) is 18.5 Å². The van der Waals surface area contributed by atoms with Gasteiger partial charge in [0.15, 0.2) is 0 Å². The Balaban J connectivity index is 1.38. The van der Waals surface area contributed by atoms with Crippen LogP contribution in [0, 0.1) is 11.7 Å². The molecule has 1 aromatic carbocycles. The normalized spacial score (nSPS) is 23.3. The van der Waals surface area contributed by atoms with Crippen molar-refractivity contribution in [2.24, 2.45) is 5.92 Å². The van der Waals surface area contributed by atoms with Gasteiger partial charge in [0.05, 0.1) is 11.4 Å². The Labute approximate surface area is 172 Å². The Morgan fingerprint density at radius 1 is 1.17 bits per heavy atom. The second kappa shape index (κ2) is 7.86. The van der Waals surface area contributed by atoms with E-state index in [1.165, 1.54) is 6.07 Å². The SMILES string of the molecule is CN(Cc1ccccc1F)C1CCC(C(=O)N2CC(C)(C)c3ncccc32)CC1. The Morgan fingerprint density at radius 3 is 2.62 bits per heavy atom. The van der Waals surface area contributed by atoms with Crippen LogP contribution in [0.4, 0.5) is 10.1 Å². The number of amides is 1. The molecule has 4 nitrogen and oxygen atoms in total. The van der Waals surface area contributed by atoms with Crippen LogP contribution < -0.4 is 4.90 Å². The van der Waals surface area contributed by atoms with Crippen molar-refractivity contribution in [3.05, 3.63) is 59.7 Å². The van der Waals surface area contributed by atoms with E-state index in [9.17, 15) is 9.18 Å². The van der Waals surface area contributed by atoms with Crippen LogP contribution >= 0.6 is 0 Å². The van der Waals surface area contributed by atoms with E-state index in [4.69, 9.17) is 0 Å². The molecule has 0 N–H and O–H groups in total. The van der Waals surface area contributed by atoms with Crippen LogP contribution in [0.25, 0.3) is 0 Å². The topological polar surface area (TPSA) is 36.4 Å². The van der Waals surface area contributed by atoms with Gasteiger partial charge in [-0.3, -0.25) is 14.7 Å². The van der Waals surface area contributed by atoms with Crippen LogP contribution in [-0.4, -0.2) is 35.4 Å². The summed E-state index contributed by atoms with van der Waals surface area (Å²) >= 11 is 0. The summed E-state index contributed by atoms with van der Waals surface area (Å²) in [6, 6.07) is 11.3. The summed E-state index contributed by atoms with van der Waals surface area (Å²) in [5.41, 5.74) is 2.62. The van der Waals surface area contributed by atoms with Crippen molar-refractivity contribution in [2.45, 2.75) is 57.5 Å². The van der Waals surface area contributed by atoms with Gasteiger partial charge in [0.2, 0.25) is 5.91 Å². The fourth-order valence-electron chi connectivity index (χ4n) is 4.90. The highest BCUT2D eigenvalue weighted by atomic mass is 19.1. The monoisotopic (exact) mass is 395 g/mol. The molecule has 29 heavy (non-hydrogen) atoms. The number of benzene rings is 1. The molecule has 1 aliphatic carbocycles.